The molecule has 16 saturated carbocycles. The molecule has 147 heavy (non-hydrogen) atoms. The number of aliphatic hydroxyl groups is 4. The highest BCUT2D eigenvalue weighted by Gasteiger charge is 2.79. The molecule has 0 bridgehead atoms. The van der Waals surface area contributed by atoms with E-state index in [1.54, 1.807) is 38.0 Å². The lowest BCUT2D eigenvalue weighted by Gasteiger charge is -2.73. The van der Waals surface area contributed by atoms with E-state index in [-0.39, 0.29) is 153 Å². The van der Waals surface area contributed by atoms with Gasteiger partial charge in [-0.3, -0.25) is 19.2 Å². The van der Waals surface area contributed by atoms with Crippen molar-refractivity contribution in [2.24, 2.45) is 233 Å². The van der Waals surface area contributed by atoms with Crippen LogP contribution >= 0.6 is 12.2 Å². The number of esters is 3. The second-order valence-electron chi connectivity index (χ2n) is 61.5. The van der Waals surface area contributed by atoms with Crippen molar-refractivity contribution in [2.45, 2.75) is 455 Å². The maximum Gasteiger partial charge on any atom is 0.312 e. The van der Waals surface area contributed by atoms with Crippen LogP contribution in [0.2, 0.25) is 0 Å². The Kier molecular flexibility index (Phi) is 28.0. The Labute approximate surface area is 895 Å². The summed E-state index contributed by atoms with van der Waals surface area (Å²) in [6, 6.07) is 0. The van der Waals surface area contributed by atoms with Crippen LogP contribution in [0, 0.1) is 233 Å². The first-order valence-electron chi connectivity index (χ1n) is 60.5. The Morgan fingerprint density at radius 2 is 0.626 bits per heavy atom. The van der Waals surface area contributed by atoms with Gasteiger partial charge in [-0.15, -0.1) is 0 Å². The molecule has 17 heteroatoms. The van der Waals surface area contributed by atoms with Crippen molar-refractivity contribution in [1.29, 1.82) is 0 Å². The van der Waals surface area contributed by atoms with Gasteiger partial charge < -0.3 is 58.7 Å². The molecule has 16 nitrogen and oxygen atoms in total. The standard InChI is InChI=1S/C35H54O4S.C34H54O4.C31H50O4.C30H48O4/c1-21-12-15-35(29(36)37-9)17-16-33(7)24(27(35)22(21)2)10-11-26-31(5)18-23(19-40)28-32(6,20-38-30(3,4)39-28)25(31)13-14-34(26,33)8;1-21-12-17-34(28(35)36-9)19-18-32(7)23(27(34)22(21)2)10-11-25-30(5)15-14-26-31(6,20-37-29(3,4)38-26)24(30)13-16-33(25,32)8;1-19-10-15-31(26(34)35-7)17-16-29(5)21(25(31)20(19)2)8-9-23-27(3)13-12-24(33)28(4,18-32)22(27)11-14-30(23,29)6;1-18-9-14-30(25(33)34)16-15-28(5)20(24(30)19(18)2)7-8-22-26(3)12-11-23(32)27(4,17-31)21(26)10-13-29(22,28)6/h10,19,21-23,25-28H,11-18,20H2,1-9H3;10,21-22,24-27H,11-20H2,1-9H3;8,19-20,22-25,32-33H,9-18H2,1-7H3;7,18-19,21-24,31-32H,8-17H2,1-6H3,(H,33,34)/t21-,22+,23+,25?,26?,27?,28?,31+,32-,33-,34-,35+;21-,22+,24?,25?,26?,27?,30+,31-,32-,33-,34+;19-,20+,22?,23?,24?,25?,27+,28+,29-,30-,31+;18-,19+,21?,22?,23+,24?,26+,27+,28-,29-,30+/m1111/s1. The Balaban J connectivity index is 0.000000124. The Morgan fingerprint density at radius 3 is 0.952 bits per heavy atom. The molecule has 2 heterocycles. The predicted molar refractivity (Wildman–Crippen MR) is 585 cm³/mol. The van der Waals surface area contributed by atoms with Gasteiger partial charge in [-0.2, -0.15) is 0 Å². The molecule has 2 saturated heterocycles. The molecule has 0 amide bonds. The molecule has 0 aromatic rings. The van der Waals surface area contributed by atoms with E-state index in [9.17, 15) is 44.7 Å². The summed E-state index contributed by atoms with van der Waals surface area (Å²) >= 11 is 5.73. The van der Waals surface area contributed by atoms with Crippen molar-refractivity contribution in [1.82, 2.24) is 0 Å². The zero-order valence-corrected chi connectivity index (χ0v) is 98.8. The molecule has 0 spiro atoms. The minimum atomic E-state index is -0.591. The molecule has 18 fully saturated rings. The summed E-state index contributed by atoms with van der Waals surface area (Å²) in [4.78, 5) is 53.2. The number of carboxylic acid groups (broad SMARTS) is 1. The molecule has 828 valence electrons. The van der Waals surface area contributed by atoms with Crippen LogP contribution < -0.4 is 0 Å². The van der Waals surface area contributed by atoms with Gasteiger partial charge in [-0.25, -0.2) is 0 Å². The van der Waals surface area contributed by atoms with E-state index in [0.29, 0.717) is 107 Å². The first kappa shape index (κ1) is 112. The molecule has 0 aromatic heterocycles. The maximum absolute atomic E-state index is 13.6. The second kappa shape index (κ2) is 36.8. The number of aliphatic hydroxyl groups excluding tert-OH is 4. The molecule has 5 N–H and O–H groups in total. The monoisotopic (exact) mass is 2060 g/mol. The molecule has 0 aromatic carbocycles. The highest BCUT2D eigenvalue weighted by molar-refractivity contribution is 7.79. The minimum Gasteiger partial charge on any atom is -0.481 e. The van der Waals surface area contributed by atoms with Gasteiger partial charge in [0.15, 0.2) is 11.6 Å². The summed E-state index contributed by atoms with van der Waals surface area (Å²) in [5.74, 6) is 8.16. The average molecular weight is 2060 g/mol. The summed E-state index contributed by atoms with van der Waals surface area (Å²) in [7, 11) is 4.79. The van der Waals surface area contributed by atoms with Crippen LogP contribution in [0.25, 0.3) is 0 Å². The number of carboxylic acids is 1. The van der Waals surface area contributed by atoms with Crippen LogP contribution in [0.5, 0.6) is 0 Å². The minimum absolute atomic E-state index is 0.0184. The number of hydrogen-bond acceptors (Lipinski definition) is 16. The van der Waals surface area contributed by atoms with Crippen LogP contribution in [-0.4, -0.2) is 139 Å². The van der Waals surface area contributed by atoms with E-state index in [2.05, 4.69) is 218 Å². The number of carbonyl (C=O) groups excluding carboxylic acids is 3. The smallest absolute Gasteiger partial charge is 0.312 e. The molecule has 22 rings (SSSR count). The van der Waals surface area contributed by atoms with Crippen LogP contribution in [0.1, 0.15) is 419 Å². The van der Waals surface area contributed by atoms with Crippen molar-refractivity contribution in [2.75, 3.05) is 47.8 Å². The lowest BCUT2D eigenvalue weighted by molar-refractivity contribution is -0.357. The average Bonchev–Trinajstić information content (AvgIpc) is 0.669. The Hall–Kier alpha value is -3.39. The maximum atomic E-state index is 13.6. The number of hydrogen-bond donors (Lipinski definition) is 5. The second-order valence-corrected chi connectivity index (χ2v) is 61.8. The quantitative estimate of drug-likeness (QED) is 0.0690. The lowest BCUT2D eigenvalue weighted by Crippen LogP contribution is -2.70. The van der Waals surface area contributed by atoms with E-state index in [1.807, 2.05) is 5.37 Å². The topological polar surface area (TPSA) is 234 Å². The summed E-state index contributed by atoms with van der Waals surface area (Å²) in [6.45, 7) is 68.9. The third kappa shape index (κ3) is 15.0. The summed E-state index contributed by atoms with van der Waals surface area (Å²) in [5, 5.41) is 55.3. The molecule has 45 atom stereocenters. The molecule has 15 unspecified atom stereocenters. The SMILES string of the molecule is COC(=O)[C@]12CC[C@@H](C)[C@H](C)C1C1=CCC3[C@@]4(C)CCC(O)[C@@](C)(CO)C4CC[C@@]3(C)[C@]1(C)CC2.COC(=O)[C@]12CC[C@@H](C)[C@H](C)C1C1=CCC3[C@@]4(C)CCC5OC(C)(C)OC[C@]5(C)C4CC[C@@]3(C)[C@]1(C)CC2.COC(=O)[C@]12CC[C@@H](C)[C@H](C)C1C1=CCC3[C@@]4(C)C[C@@H](C=S)C5OC(C)(C)OC[C@]5(C)C4CC[C@@]3(C)[C@]1(C)CC2.C[C@@H]1CC[C@]2(C(=O)O)CC[C@]3(C)C(=CCC4[C@@]5(C)CC[C@H](O)[C@@](C)(CO)C5CC[C@]43C)C2[C@H]1C. The van der Waals surface area contributed by atoms with Crippen LogP contribution in [-0.2, 0) is 52.3 Å². The third-order valence-electron chi connectivity index (χ3n) is 56.4. The number of carbonyl (C=O) groups is 4. The van der Waals surface area contributed by atoms with Gasteiger partial charge >= 0.3 is 23.9 Å². The first-order chi connectivity index (χ1) is 68.5. The Bertz CT molecular complexity index is 5200. The fourth-order valence-electron chi connectivity index (χ4n) is 46.2. The van der Waals surface area contributed by atoms with Gasteiger partial charge in [0, 0.05) is 27.6 Å². The van der Waals surface area contributed by atoms with E-state index in [0.717, 1.165) is 206 Å². The number of fused-ring (bicyclic) bond motifs is 32. The molecule has 20 aliphatic carbocycles. The van der Waals surface area contributed by atoms with Gasteiger partial charge in [0.1, 0.15) is 0 Å². The van der Waals surface area contributed by atoms with Crippen LogP contribution in [0.3, 0.4) is 0 Å². The molecular formula is C130H206O16S. The molecule has 2 aliphatic heterocycles. The molecular weight excluding hydrogens is 1850 g/mol. The highest BCUT2D eigenvalue weighted by atomic mass is 32.1. The molecule has 22 aliphatic rings. The summed E-state index contributed by atoms with van der Waals surface area (Å²) in [6.07, 6.45) is 46.7. The third-order valence-corrected chi connectivity index (χ3v) is 56.7. The number of allylic oxidation sites excluding steroid dienone is 8. The number of aliphatic carboxylic acids is 1. The number of methoxy groups -OCH3 is 3. The van der Waals surface area contributed by atoms with Crippen molar-refractivity contribution in [3.8, 4) is 0 Å². The van der Waals surface area contributed by atoms with Crippen LogP contribution in [0.15, 0.2) is 46.6 Å². The summed E-state index contributed by atoms with van der Waals surface area (Å²) in [5.41, 5.74) is 5.44. The lowest BCUT2D eigenvalue weighted by atomic mass is 9.32. The molecule has 0 radical (unpaired) electrons. The number of ether oxygens (including phenoxy) is 7. The zero-order valence-electron chi connectivity index (χ0n) is 98.0. The first-order valence-corrected chi connectivity index (χ1v) is 60.9. The van der Waals surface area contributed by atoms with Gasteiger partial charge in [0.05, 0.1) is 93.8 Å². The fraction of sp³-hybridized carbons (Fsp3) is 0.900. The van der Waals surface area contributed by atoms with Gasteiger partial charge in [0.25, 0.3) is 0 Å². The number of thiocarbonyl (C=S) groups is 1. The normalized spacial score (nSPS) is 55.6. The number of rotatable bonds is 7. The summed E-state index contributed by atoms with van der Waals surface area (Å²) < 4.78 is 42.6. The largest absolute Gasteiger partial charge is 0.481 e. The van der Waals surface area contributed by atoms with E-state index < -0.39 is 46.0 Å². The van der Waals surface area contributed by atoms with Gasteiger partial charge in [-0.1, -0.05) is 225 Å². The van der Waals surface area contributed by atoms with Crippen LogP contribution in [0.4, 0.5) is 0 Å². The van der Waals surface area contributed by atoms with Crippen molar-refractivity contribution in [3.05, 3.63) is 46.6 Å². The predicted octanol–water partition coefficient (Wildman–Crippen LogP) is 28.3. The fourth-order valence-corrected chi connectivity index (χ4v) is 46.4. The van der Waals surface area contributed by atoms with Crippen molar-refractivity contribution >= 4 is 41.5 Å². The van der Waals surface area contributed by atoms with E-state index in [4.69, 9.17) is 45.4 Å². The van der Waals surface area contributed by atoms with Gasteiger partial charge in [0.2, 0.25) is 0 Å². The van der Waals surface area contributed by atoms with Crippen molar-refractivity contribution in [3.63, 3.8) is 0 Å². The zero-order chi connectivity index (χ0) is 107. The van der Waals surface area contributed by atoms with E-state index in [1.165, 1.54) is 37.7 Å². The van der Waals surface area contributed by atoms with Crippen molar-refractivity contribution < 1.29 is 77.9 Å². The highest BCUT2D eigenvalue weighted by Crippen LogP contribution is 2.84. The van der Waals surface area contributed by atoms with E-state index >= 15 is 0 Å². The Morgan fingerprint density at radius 1 is 0.340 bits per heavy atom. The van der Waals surface area contributed by atoms with Gasteiger partial charge in [-0.05, 0) is 441 Å².